The second-order valence-corrected chi connectivity index (χ2v) is 14.0. The lowest BCUT2D eigenvalue weighted by Gasteiger charge is -2.45. The number of rotatable bonds is 5. The van der Waals surface area contributed by atoms with Crippen LogP contribution in [0.15, 0.2) is 54.6 Å². The molecule has 0 aliphatic carbocycles. The summed E-state index contributed by atoms with van der Waals surface area (Å²) in [6.07, 6.45) is 9.73. The maximum absolute atomic E-state index is 14.9. The molecule has 2 fully saturated rings. The van der Waals surface area contributed by atoms with Crippen LogP contribution < -0.4 is 0 Å². The molecule has 2 saturated heterocycles. The zero-order chi connectivity index (χ0) is 29.8. The van der Waals surface area contributed by atoms with E-state index in [-0.39, 0.29) is 30.4 Å². The first-order valence-corrected chi connectivity index (χ1v) is 14.8. The molecule has 0 radical (unpaired) electrons. The van der Waals surface area contributed by atoms with Gasteiger partial charge in [0.2, 0.25) is 11.8 Å². The van der Waals surface area contributed by atoms with E-state index in [2.05, 4.69) is 34.6 Å². The van der Waals surface area contributed by atoms with Crippen LogP contribution in [0.4, 0.5) is 0 Å². The van der Waals surface area contributed by atoms with Crippen LogP contribution in [0.5, 0.6) is 0 Å². The van der Waals surface area contributed by atoms with Gasteiger partial charge in [-0.15, -0.1) is 0 Å². The Morgan fingerprint density at radius 3 is 2.37 bits per heavy atom. The van der Waals surface area contributed by atoms with Crippen molar-refractivity contribution in [1.29, 1.82) is 0 Å². The first-order valence-electron chi connectivity index (χ1n) is 14.8. The summed E-state index contributed by atoms with van der Waals surface area (Å²) >= 11 is 0. The highest BCUT2D eigenvalue weighted by atomic mass is 16.6. The van der Waals surface area contributed by atoms with Crippen LogP contribution in [0, 0.1) is 17.3 Å². The highest BCUT2D eigenvalue weighted by Crippen LogP contribution is 2.58. The van der Waals surface area contributed by atoms with Crippen molar-refractivity contribution in [2.24, 2.45) is 17.3 Å². The third-order valence-corrected chi connectivity index (χ3v) is 9.07. The number of ether oxygens (including phenoxy) is 2. The normalized spacial score (nSPS) is 33.6. The first kappa shape index (κ1) is 29.5. The minimum atomic E-state index is -1.41. The number of likely N-dealkylation sites (tertiary alicyclic amines) is 1. The van der Waals surface area contributed by atoms with E-state index in [1.165, 1.54) is 4.90 Å². The minimum Gasteiger partial charge on any atom is -0.465 e. The number of hydrogen-bond donors (Lipinski definition) is 1. The van der Waals surface area contributed by atoms with Crippen LogP contribution in [0.2, 0.25) is 0 Å². The third-order valence-electron chi connectivity index (χ3n) is 9.07. The zero-order valence-electron chi connectivity index (χ0n) is 25.1. The maximum Gasteiger partial charge on any atom is 0.313 e. The summed E-state index contributed by atoms with van der Waals surface area (Å²) in [5, 5.41) is 10.7. The Labute approximate surface area is 243 Å². The lowest BCUT2D eigenvalue weighted by atomic mass is 9.74. The second kappa shape index (κ2) is 10.4. The Kier molecular flexibility index (Phi) is 7.48. The van der Waals surface area contributed by atoms with Gasteiger partial charge in [0.05, 0.1) is 30.8 Å². The summed E-state index contributed by atoms with van der Waals surface area (Å²) in [5.74, 6) is -3.06. The van der Waals surface area contributed by atoms with E-state index in [0.29, 0.717) is 24.9 Å². The molecule has 1 aromatic rings. The SMILES string of the molecule is CC(C)(C)CC(C)(C)N1CC=C[C@]23O[C@]4(C)/C=C\CCCOC(=O)[C@@H]4[C@H]2C(=O)N([C@H](CO)c2ccccc2)C3C1=O. The predicted octanol–water partition coefficient (Wildman–Crippen LogP) is 4.20. The summed E-state index contributed by atoms with van der Waals surface area (Å²) in [7, 11) is 0. The standard InChI is InChI=1S/C33H44N2O6/c1-30(2,3)21-31(4,5)34-18-13-17-33-24(25-29(39)40-19-12-8-11-16-32(25,6)41-33)27(37)35(26(33)28(34)38)23(20-36)22-14-9-7-10-15-22/h7,9-11,13-17,23-26,36H,8,12,18-21H2,1-6H3/b16-11-/t23-,24+,25+,26?,32-,33+/m1/s1. The fourth-order valence-electron chi connectivity index (χ4n) is 7.88. The number of benzene rings is 1. The Morgan fingerprint density at radius 2 is 1.71 bits per heavy atom. The van der Waals surface area contributed by atoms with E-state index in [4.69, 9.17) is 9.47 Å². The molecule has 1 aromatic carbocycles. The van der Waals surface area contributed by atoms with Gasteiger partial charge >= 0.3 is 5.97 Å². The molecule has 0 bridgehead atoms. The molecule has 1 unspecified atom stereocenters. The van der Waals surface area contributed by atoms with Gasteiger partial charge in [-0.25, -0.2) is 0 Å². The van der Waals surface area contributed by atoms with E-state index in [1.54, 1.807) is 0 Å². The quantitative estimate of drug-likeness (QED) is 0.426. The van der Waals surface area contributed by atoms with Gasteiger partial charge in [-0.05, 0) is 51.0 Å². The fourth-order valence-corrected chi connectivity index (χ4v) is 7.88. The van der Waals surface area contributed by atoms with Crippen molar-refractivity contribution in [3.8, 4) is 0 Å². The number of nitrogens with zero attached hydrogens (tertiary/aromatic N) is 2. The Bertz CT molecular complexity index is 1250. The fraction of sp³-hybridized carbons (Fsp3) is 0.606. The molecule has 1 spiro atoms. The predicted molar refractivity (Wildman–Crippen MR) is 154 cm³/mol. The molecule has 0 saturated carbocycles. The highest BCUT2D eigenvalue weighted by molar-refractivity contribution is 5.99. The molecular formula is C33H44N2O6. The molecule has 41 heavy (non-hydrogen) atoms. The number of esters is 1. The Morgan fingerprint density at radius 1 is 1.00 bits per heavy atom. The summed E-state index contributed by atoms with van der Waals surface area (Å²) < 4.78 is 12.6. The molecule has 1 N–H and O–H groups in total. The summed E-state index contributed by atoms with van der Waals surface area (Å²) in [5.41, 5.74) is -2.45. The average molecular weight is 565 g/mol. The molecule has 5 rings (SSSR count). The van der Waals surface area contributed by atoms with E-state index in [0.717, 1.165) is 6.42 Å². The molecular weight excluding hydrogens is 520 g/mol. The monoisotopic (exact) mass is 564 g/mol. The Balaban J connectivity index is 1.70. The van der Waals surface area contributed by atoms with E-state index in [1.807, 2.05) is 66.5 Å². The second-order valence-electron chi connectivity index (χ2n) is 14.0. The van der Waals surface area contributed by atoms with Crippen molar-refractivity contribution in [1.82, 2.24) is 9.80 Å². The average Bonchev–Trinajstić information content (AvgIpc) is 3.23. The third kappa shape index (κ3) is 4.93. The maximum atomic E-state index is 14.9. The van der Waals surface area contributed by atoms with Gasteiger partial charge < -0.3 is 24.4 Å². The molecule has 8 nitrogen and oxygen atoms in total. The molecule has 2 amide bonds. The number of aliphatic hydroxyl groups is 1. The van der Waals surface area contributed by atoms with Crippen LogP contribution in [-0.2, 0) is 23.9 Å². The van der Waals surface area contributed by atoms with Gasteiger partial charge in [0.15, 0.2) is 0 Å². The smallest absolute Gasteiger partial charge is 0.313 e. The van der Waals surface area contributed by atoms with Crippen LogP contribution in [0.1, 0.15) is 72.4 Å². The van der Waals surface area contributed by atoms with Crippen LogP contribution >= 0.6 is 0 Å². The lowest BCUT2D eigenvalue weighted by Crippen LogP contribution is -2.60. The number of carbonyl (C=O) groups is 3. The molecule has 0 aromatic heterocycles. The van der Waals surface area contributed by atoms with Crippen molar-refractivity contribution in [2.75, 3.05) is 19.8 Å². The van der Waals surface area contributed by atoms with Gasteiger partial charge in [0.25, 0.3) is 0 Å². The largest absolute Gasteiger partial charge is 0.465 e. The van der Waals surface area contributed by atoms with Gasteiger partial charge in [0, 0.05) is 12.1 Å². The Hall–Kier alpha value is -2.97. The zero-order valence-corrected chi connectivity index (χ0v) is 25.1. The molecule has 8 heteroatoms. The van der Waals surface area contributed by atoms with E-state index >= 15 is 0 Å². The van der Waals surface area contributed by atoms with Gasteiger partial charge in [-0.2, -0.15) is 0 Å². The van der Waals surface area contributed by atoms with Crippen molar-refractivity contribution in [2.45, 2.75) is 89.6 Å². The van der Waals surface area contributed by atoms with Gasteiger partial charge in [0.1, 0.15) is 17.6 Å². The number of amides is 2. The van der Waals surface area contributed by atoms with Crippen molar-refractivity contribution in [3.63, 3.8) is 0 Å². The van der Waals surface area contributed by atoms with Gasteiger partial charge in [-0.3, -0.25) is 14.4 Å². The summed E-state index contributed by atoms with van der Waals surface area (Å²) in [4.78, 5) is 46.6. The number of cyclic esters (lactones) is 1. The summed E-state index contributed by atoms with van der Waals surface area (Å²) in [6.45, 7) is 12.6. The number of fused-ring (bicyclic) bond motifs is 2. The molecule has 222 valence electrons. The van der Waals surface area contributed by atoms with Crippen LogP contribution in [0.3, 0.4) is 0 Å². The summed E-state index contributed by atoms with van der Waals surface area (Å²) in [6, 6.07) is 7.36. The van der Waals surface area contributed by atoms with Crippen molar-refractivity contribution in [3.05, 3.63) is 60.2 Å². The highest BCUT2D eigenvalue weighted by Gasteiger charge is 2.75. The lowest BCUT2D eigenvalue weighted by molar-refractivity contribution is -0.163. The number of carbonyl (C=O) groups excluding carboxylic acids is 3. The number of allylic oxidation sites excluding steroid dienone is 1. The van der Waals surface area contributed by atoms with Gasteiger partial charge in [-0.1, -0.05) is 75.4 Å². The molecule has 4 aliphatic rings. The molecule has 4 aliphatic heterocycles. The van der Waals surface area contributed by atoms with E-state index < -0.39 is 46.6 Å². The topological polar surface area (TPSA) is 96.4 Å². The van der Waals surface area contributed by atoms with Crippen molar-refractivity contribution < 1.29 is 29.0 Å². The number of hydrogen-bond acceptors (Lipinski definition) is 6. The molecule has 4 heterocycles. The first-order chi connectivity index (χ1) is 19.3. The van der Waals surface area contributed by atoms with Crippen LogP contribution in [-0.4, -0.2) is 75.2 Å². The van der Waals surface area contributed by atoms with Crippen molar-refractivity contribution >= 4 is 17.8 Å². The van der Waals surface area contributed by atoms with Crippen LogP contribution in [0.25, 0.3) is 0 Å². The minimum absolute atomic E-state index is 0.0568. The molecule has 6 atom stereocenters. The number of aliphatic hydroxyl groups excluding tert-OH is 1. The van der Waals surface area contributed by atoms with E-state index in [9.17, 15) is 19.5 Å².